The van der Waals surface area contributed by atoms with Gasteiger partial charge in [0.15, 0.2) is 0 Å². The number of hydrogen-bond acceptors (Lipinski definition) is 4. The lowest BCUT2D eigenvalue weighted by Gasteiger charge is -2.19. The molecule has 16 heavy (non-hydrogen) atoms. The lowest BCUT2D eigenvalue weighted by molar-refractivity contribution is 0.515. The van der Waals surface area contributed by atoms with Gasteiger partial charge in [0.25, 0.3) is 0 Å². The van der Waals surface area contributed by atoms with Crippen molar-refractivity contribution in [3.05, 3.63) is 15.6 Å². The van der Waals surface area contributed by atoms with E-state index in [4.69, 9.17) is 0 Å². The molecule has 1 N–H and O–H groups in total. The van der Waals surface area contributed by atoms with Crippen molar-refractivity contribution in [1.29, 1.82) is 0 Å². The summed E-state index contributed by atoms with van der Waals surface area (Å²) in [7, 11) is 0. The molecule has 0 bridgehead atoms. The first kappa shape index (κ1) is 14.0. The topological polar surface area (TPSA) is 24.9 Å². The van der Waals surface area contributed by atoms with Crippen molar-refractivity contribution in [3.63, 3.8) is 0 Å². The highest BCUT2D eigenvalue weighted by atomic mass is 32.2. The highest BCUT2D eigenvalue weighted by Crippen LogP contribution is 2.24. The monoisotopic (exact) mass is 258 g/mol. The molecular formula is C12H22N2S2. The van der Waals surface area contributed by atoms with E-state index in [-0.39, 0.29) is 0 Å². The summed E-state index contributed by atoms with van der Waals surface area (Å²) in [6.45, 7) is 10.9. The average Bonchev–Trinajstić information content (AvgIpc) is 2.54. The highest BCUT2D eigenvalue weighted by molar-refractivity contribution is 7.99. The van der Waals surface area contributed by atoms with Crippen molar-refractivity contribution in [2.45, 2.75) is 46.7 Å². The second-order valence-electron chi connectivity index (χ2n) is 4.13. The second-order valence-corrected chi connectivity index (χ2v) is 6.69. The van der Waals surface area contributed by atoms with Crippen LogP contribution in [0, 0.1) is 13.8 Å². The van der Waals surface area contributed by atoms with Gasteiger partial charge in [-0.1, -0.05) is 6.92 Å². The van der Waals surface area contributed by atoms with Crippen molar-refractivity contribution in [2.75, 3.05) is 11.5 Å². The number of nitrogens with zero attached hydrogens (tertiary/aromatic N) is 1. The van der Waals surface area contributed by atoms with Crippen LogP contribution in [0.5, 0.6) is 0 Å². The maximum Gasteiger partial charge on any atom is 0.0900 e. The Hall–Kier alpha value is -0.0600. The normalized spacial score (nSPS) is 15.1. The fourth-order valence-corrected chi connectivity index (χ4v) is 3.42. The van der Waals surface area contributed by atoms with Gasteiger partial charge < -0.3 is 5.32 Å². The van der Waals surface area contributed by atoms with Crippen molar-refractivity contribution >= 4 is 23.1 Å². The van der Waals surface area contributed by atoms with Crippen LogP contribution in [0.25, 0.3) is 0 Å². The average molecular weight is 258 g/mol. The smallest absolute Gasteiger partial charge is 0.0900 e. The Morgan fingerprint density at radius 2 is 2.06 bits per heavy atom. The Bertz CT molecular complexity index is 323. The Morgan fingerprint density at radius 1 is 1.38 bits per heavy atom. The van der Waals surface area contributed by atoms with Gasteiger partial charge in [-0.2, -0.15) is 11.8 Å². The number of nitrogens with one attached hydrogen (secondary N) is 1. The van der Waals surface area contributed by atoms with Crippen LogP contribution in [0.1, 0.15) is 42.4 Å². The second kappa shape index (κ2) is 6.62. The molecule has 0 spiro atoms. The van der Waals surface area contributed by atoms with E-state index < -0.39 is 0 Å². The summed E-state index contributed by atoms with van der Waals surface area (Å²) < 4.78 is 0. The minimum absolute atomic E-state index is 0.415. The van der Waals surface area contributed by atoms with E-state index in [2.05, 4.69) is 44.9 Å². The molecule has 0 saturated carbocycles. The van der Waals surface area contributed by atoms with Crippen LogP contribution in [0.3, 0.4) is 0 Å². The molecule has 0 aliphatic heterocycles. The number of aryl methyl sites for hydroxylation is 2. The molecule has 0 aliphatic carbocycles. The third-order valence-electron chi connectivity index (χ3n) is 2.44. The third kappa shape index (κ3) is 4.07. The standard InChI is InChI=1S/C12H22N2S2/c1-6-15-7-8(2)13-9(3)12-10(4)14-11(5)16-12/h8-9,13H,6-7H2,1-5H3. The molecule has 0 amide bonds. The Morgan fingerprint density at radius 3 is 2.56 bits per heavy atom. The number of thioether (sulfide) groups is 1. The molecule has 4 heteroatoms. The van der Waals surface area contributed by atoms with E-state index in [0.29, 0.717) is 12.1 Å². The molecule has 2 atom stereocenters. The van der Waals surface area contributed by atoms with E-state index in [1.165, 1.54) is 22.1 Å². The molecule has 2 unspecified atom stereocenters. The molecule has 1 heterocycles. The van der Waals surface area contributed by atoms with E-state index in [1.54, 1.807) is 0 Å². The summed E-state index contributed by atoms with van der Waals surface area (Å²) in [4.78, 5) is 5.86. The zero-order valence-electron chi connectivity index (χ0n) is 10.8. The van der Waals surface area contributed by atoms with Crippen LogP contribution in [0.4, 0.5) is 0 Å². The zero-order valence-corrected chi connectivity index (χ0v) is 12.5. The molecule has 0 saturated heterocycles. The summed E-state index contributed by atoms with van der Waals surface area (Å²) >= 11 is 3.80. The lowest BCUT2D eigenvalue weighted by atomic mass is 10.2. The van der Waals surface area contributed by atoms with Crippen LogP contribution in [-0.2, 0) is 0 Å². The number of aromatic nitrogens is 1. The van der Waals surface area contributed by atoms with Gasteiger partial charge >= 0.3 is 0 Å². The Kier molecular flexibility index (Phi) is 5.79. The number of rotatable bonds is 6. The van der Waals surface area contributed by atoms with Gasteiger partial charge in [-0.25, -0.2) is 4.98 Å². The maximum absolute atomic E-state index is 4.47. The Balaban J connectivity index is 2.51. The van der Waals surface area contributed by atoms with Crippen LogP contribution in [-0.4, -0.2) is 22.5 Å². The van der Waals surface area contributed by atoms with E-state index >= 15 is 0 Å². The van der Waals surface area contributed by atoms with Gasteiger partial charge in [0.05, 0.1) is 10.7 Å². The van der Waals surface area contributed by atoms with E-state index in [9.17, 15) is 0 Å². The molecule has 0 radical (unpaired) electrons. The molecular weight excluding hydrogens is 236 g/mol. The number of thiazole rings is 1. The van der Waals surface area contributed by atoms with Crippen molar-refractivity contribution in [1.82, 2.24) is 10.3 Å². The minimum atomic E-state index is 0.415. The Labute approximate surface area is 107 Å². The van der Waals surface area contributed by atoms with Gasteiger partial charge in [-0.3, -0.25) is 0 Å². The largest absolute Gasteiger partial charge is 0.306 e. The first-order valence-electron chi connectivity index (χ1n) is 5.82. The van der Waals surface area contributed by atoms with E-state index in [0.717, 1.165) is 5.01 Å². The van der Waals surface area contributed by atoms with Crippen LogP contribution in [0.15, 0.2) is 0 Å². The first-order valence-corrected chi connectivity index (χ1v) is 7.79. The minimum Gasteiger partial charge on any atom is -0.306 e. The zero-order chi connectivity index (χ0) is 12.1. The molecule has 1 rings (SSSR count). The summed E-state index contributed by atoms with van der Waals surface area (Å²) in [5, 5.41) is 4.80. The molecule has 0 fully saturated rings. The van der Waals surface area contributed by atoms with Crippen molar-refractivity contribution in [3.8, 4) is 0 Å². The quantitative estimate of drug-likeness (QED) is 0.844. The summed E-state index contributed by atoms with van der Waals surface area (Å²) in [6.07, 6.45) is 0. The number of hydrogen-bond donors (Lipinski definition) is 1. The SMILES string of the molecule is CCSCC(C)NC(C)c1sc(C)nc1C. The molecule has 1 aromatic heterocycles. The van der Waals surface area contributed by atoms with E-state index in [1.807, 2.05) is 23.1 Å². The van der Waals surface area contributed by atoms with Gasteiger partial charge in [0, 0.05) is 22.7 Å². The summed E-state index contributed by atoms with van der Waals surface area (Å²) in [6, 6.07) is 0.973. The van der Waals surface area contributed by atoms with Gasteiger partial charge in [0.2, 0.25) is 0 Å². The van der Waals surface area contributed by atoms with Crippen LogP contribution >= 0.6 is 23.1 Å². The molecule has 1 aromatic rings. The maximum atomic E-state index is 4.47. The predicted octanol–water partition coefficient (Wildman–Crippen LogP) is 3.55. The third-order valence-corrected chi connectivity index (χ3v) is 4.84. The lowest BCUT2D eigenvalue weighted by Crippen LogP contribution is -2.30. The summed E-state index contributed by atoms with van der Waals surface area (Å²) in [5.41, 5.74) is 1.18. The van der Waals surface area contributed by atoms with Crippen molar-refractivity contribution < 1.29 is 0 Å². The fraction of sp³-hybridized carbons (Fsp3) is 0.750. The first-order chi connectivity index (χ1) is 7.54. The van der Waals surface area contributed by atoms with Gasteiger partial charge in [-0.05, 0) is 33.4 Å². The van der Waals surface area contributed by atoms with Crippen molar-refractivity contribution in [2.24, 2.45) is 0 Å². The predicted molar refractivity (Wildman–Crippen MR) is 75.6 cm³/mol. The highest BCUT2D eigenvalue weighted by Gasteiger charge is 2.14. The van der Waals surface area contributed by atoms with Crippen LogP contribution in [0.2, 0.25) is 0 Å². The molecule has 2 nitrogen and oxygen atoms in total. The summed E-state index contributed by atoms with van der Waals surface area (Å²) in [5.74, 6) is 2.37. The molecule has 92 valence electrons. The van der Waals surface area contributed by atoms with Gasteiger partial charge in [-0.15, -0.1) is 11.3 Å². The molecule has 0 aliphatic rings. The molecule has 0 aromatic carbocycles. The fourth-order valence-electron chi connectivity index (χ4n) is 1.79. The van der Waals surface area contributed by atoms with Crippen LogP contribution < -0.4 is 5.32 Å². The van der Waals surface area contributed by atoms with Gasteiger partial charge in [0.1, 0.15) is 0 Å².